The highest BCUT2D eigenvalue weighted by Gasteiger charge is 2.40. The van der Waals surface area contributed by atoms with Crippen molar-refractivity contribution in [3.05, 3.63) is 46.5 Å². The molecule has 1 fully saturated rings. The van der Waals surface area contributed by atoms with Gasteiger partial charge < -0.3 is 29.0 Å². The molecule has 2 aromatic carbocycles. The van der Waals surface area contributed by atoms with Crippen LogP contribution in [0.15, 0.2) is 24.3 Å². The van der Waals surface area contributed by atoms with Gasteiger partial charge in [0.2, 0.25) is 0 Å². The highest BCUT2D eigenvalue weighted by Crippen LogP contribution is 2.48. The number of nitrogens with one attached hydrogen (secondary N) is 1. The van der Waals surface area contributed by atoms with E-state index < -0.39 is 6.16 Å². The van der Waals surface area contributed by atoms with Crippen molar-refractivity contribution < 1.29 is 28.5 Å². The highest BCUT2D eigenvalue weighted by atomic mass is 16.7. The smallest absolute Gasteiger partial charge is 0.493 e. The Kier molecular flexibility index (Phi) is 8.52. The van der Waals surface area contributed by atoms with E-state index in [2.05, 4.69) is 29.3 Å². The van der Waals surface area contributed by atoms with Crippen molar-refractivity contribution in [3.8, 4) is 23.0 Å². The molecule has 3 heterocycles. The lowest BCUT2D eigenvalue weighted by atomic mass is 9.72. The molecule has 1 saturated heterocycles. The Morgan fingerprint density at radius 2 is 1.56 bits per heavy atom. The van der Waals surface area contributed by atoms with Gasteiger partial charge in [0.1, 0.15) is 0 Å². The van der Waals surface area contributed by atoms with Crippen LogP contribution >= 0.6 is 0 Å². The van der Waals surface area contributed by atoms with Crippen LogP contribution in [-0.2, 0) is 17.6 Å². The molecule has 212 valence electrons. The molecule has 5 rings (SSSR count). The Hall–Kier alpha value is -2.97. The molecular formula is C31H42N2O6. The van der Waals surface area contributed by atoms with Crippen molar-refractivity contribution in [2.45, 2.75) is 58.0 Å². The number of nitrogens with zero attached hydrogens (tertiary/aromatic N) is 1. The van der Waals surface area contributed by atoms with E-state index in [4.69, 9.17) is 23.7 Å². The number of ether oxygens (including phenoxy) is 5. The summed E-state index contributed by atoms with van der Waals surface area (Å²) in [6.45, 7) is 7.45. The molecule has 0 amide bonds. The van der Waals surface area contributed by atoms with E-state index in [1.165, 1.54) is 28.7 Å². The zero-order chi connectivity index (χ0) is 27.5. The quantitative estimate of drug-likeness (QED) is 0.350. The van der Waals surface area contributed by atoms with Crippen LogP contribution in [-0.4, -0.2) is 58.6 Å². The zero-order valence-corrected chi connectivity index (χ0v) is 23.9. The topological polar surface area (TPSA) is 78.5 Å². The van der Waals surface area contributed by atoms with Gasteiger partial charge in [-0.3, -0.25) is 4.90 Å². The second-order valence-corrected chi connectivity index (χ2v) is 10.8. The summed E-state index contributed by atoms with van der Waals surface area (Å²) < 4.78 is 27.3. The fourth-order valence-corrected chi connectivity index (χ4v) is 6.89. The van der Waals surface area contributed by atoms with Gasteiger partial charge in [0.05, 0.1) is 27.9 Å². The minimum absolute atomic E-state index is 0.221. The van der Waals surface area contributed by atoms with Crippen molar-refractivity contribution in [3.63, 3.8) is 0 Å². The third kappa shape index (κ3) is 5.54. The van der Waals surface area contributed by atoms with Gasteiger partial charge in [0.25, 0.3) is 0 Å². The van der Waals surface area contributed by atoms with Crippen molar-refractivity contribution >= 4 is 6.16 Å². The molecule has 1 N–H and O–H groups in total. The van der Waals surface area contributed by atoms with Gasteiger partial charge in [-0.1, -0.05) is 13.3 Å². The zero-order valence-electron chi connectivity index (χ0n) is 23.9. The van der Waals surface area contributed by atoms with E-state index in [0.29, 0.717) is 29.4 Å². The summed E-state index contributed by atoms with van der Waals surface area (Å²) in [5.74, 6) is 3.80. The normalized spacial score (nSPS) is 24.1. The number of piperidine rings is 1. The van der Waals surface area contributed by atoms with Crippen LogP contribution in [0.1, 0.15) is 67.4 Å². The number of carbonyl (C=O) groups excluding carboxylic acids is 1. The lowest BCUT2D eigenvalue weighted by molar-refractivity contribution is 0.0434. The monoisotopic (exact) mass is 538 g/mol. The van der Waals surface area contributed by atoms with Crippen LogP contribution in [0.4, 0.5) is 4.79 Å². The minimum atomic E-state index is -0.708. The summed E-state index contributed by atoms with van der Waals surface area (Å²) in [4.78, 5) is 14.7. The Morgan fingerprint density at radius 3 is 2.28 bits per heavy atom. The molecule has 39 heavy (non-hydrogen) atoms. The Balaban J connectivity index is 1.40. The molecule has 1 unspecified atom stereocenters. The van der Waals surface area contributed by atoms with E-state index in [1.807, 2.05) is 12.1 Å². The first-order valence-corrected chi connectivity index (χ1v) is 14.3. The molecule has 0 spiro atoms. The fourth-order valence-electron chi connectivity index (χ4n) is 6.89. The molecule has 8 heteroatoms. The largest absolute Gasteiger partial charge is 0.513 e. The number of fused-ring (bicyclic) bond motifs is 4. The second kappa shape index (κ2) is 12.0. The lowest BCUT2D eigenvalue weighted by Crippen LogP contribution is -2.46. The maximum absolute atomic E-state index is 12.0. The van der Waals surface area contributed by atoms with Gasteiger partial charge in [-0.2, -0.15) is 0 Å². The van der Waals surface area contributed by atoms with Gasteiger partial charge >= 0.3 is 6.16 Å². The van der Waals surface area contributed by atoms with Crippen molar-refractivity contribution in [2.24, 2.45) is 11.8 Å². The van der Waals surface area contributed by atoms with E-state index in [-0.39, 0.29) is 12.6 Å². The molecule has 2 aromatic rings. The van der Waals surface area contributed by atoms with Gasteiger partial charge in [0, 0.05) is 25.2 Å². The summed E-state index contributed by atoms with van der Waals surface area (Å²) >= 11 is 0. The van der Waals surface area contributed by atoms with Crippen LogP contribution in [0.3, 0.4) is 0 Å². The Labute approximate surface area is 231 Å². The van der Waals surface area contributed by atoms with Gasteiger partial charge in [0.15, 0.2) is 23.0 Å². The first kappa shape index (κ1) is 27.6. The molecule has 8 nitrogen and oxygen atoms in total. The van der Waals surface area contributed by atoms with Gasteiger partial charge in [-0.15, -0.1) is 0 Å². The number of rotatable bonds is 8. The number of methoxy groups -OCH3 is 3. The third-order valence-electron chi connectivity index (χ3n) is 8.88. The molecule has 3 aliphatic rings. The molecule has 0 radical (unpaired) electrons. The van der Waals surface area contributed by atoms with E-state index in [0.717, 1.165) is 56.8 Å². The molecule has 0 aliphatic carbocycles. The SMILES string of the molecule is CCOC(=O)Oc1cc2c(cc1OC)[C@@H](CC1C[C@H]3c4cc(OC)c(OC)cc4CCN3C[C@@H]1CC)NCC2. The number of hydrogen-bond donors (Lipinski definition) is 1. The van der Waals surface area contributed by atoms with Crippen LogP contribution in [0.5, 0.6) is 23.0 Å². The first-order valence-electron chi connectivity index (χ1n) is 14.3. The average molecular weight is 539 g/mol. The third-order valence-corrected chi connectivity index (χ3v) is 8.88. The lowest BCUT2D eigenvalue weighted by Gasteiger charge is -2.48. The Morgan fingerprint density at radius 1 is 0.897 bits per heavy atom. The second-order valence-electron chi connectivity index (χ2n) is 10.8. The number of hydrogen-bond acceptors (Lipinski definition) is 8. The maximum Gasteiger partial charge on any atom is 0.513 e. The van der Waals surface area contributed by atoms with Crippen molar-refractivity contribution in [1.82, 2.24) is 10.2 Å². The summed E-state index contributed by atoms with van der Waals surface area (Å²) in [5.41, 5.74) is 5.20. The predicted octanol–water partition coefficient (Wildman–Crippen LogP) is 5.47. The molecule has 0 aromatic heterocycles. The summed E-state index contributed by atoms with van der Waals surface area (Å²) in [6, 6.07) is 8.99. The van der Waals surface area contributed by atoms with Crippen LogP contribution in [0.25, 0.3) is 0 Å². The minimum Gasteiger partial charge on any atom is -0.493 e. The van der Waals surface area contributed by atoms with Crippen molar-refractivity contribution in [1.29, 1.82) is 0 Å². The van der Waals surface area contributed by atoms with Crippen LogP contribution in [0, 0.1) is 11.8 Å². The molecule has 3 aliphatic heterocycles. The summed E-state index contributed by atoms with van der Waals surface area (Å²) in [6.07, 6.45) is 4.56. The molecule has 0 bridgehead atoms. The van der Waals surface area contributed by atoms with Crippen LogP contribution in [0.2, 0.25) is 0 Å². The fraction of sp³-hybridized carbons (Fsp3) is 0.581. The first-order chi connectivity index (χ1) is 19.0. The molecule has 0 saturated carbocycles. The Bertz CT molecular complexity index is 1180. The van der Waals surface area contributed by atoms with E-state index in [1.54, 1.807) is 28.3 Å². The summed E-state index contributed by atoms with van der Waals surface area (Å²) in [7, 11) is 5.03. The molecular weight excluding hydrogens is 496 g/mol. The predicted molar refractivity (Wildman–Crippen MR) is 149 cm³/mol. The standard InChI is InChI=1S/C31H42N2O6/c1-6-19-18-33-11-9-21-14-27(35-3)28(36-4)17-24(21)26(33)13-22(19)12-25-23-16-29(37-5)30(39-31(34)38-7-2)15-20(23)8-10-32-25/h14-17,19,22,25-26,32H,6-13,18H2,1-5H3/t19-,22?,25+,26-/m0/s1. The number of benzene rings is 2. The highest BCUT2D eigenvalue weighted by molar-refractivity contribution is 5.66. The van der Waals surface area contributed by atoms with E-state index >= 15 is 0 Å². The number of carbonyl (C=O) groups is 1. The van der Waals surface area contributed by atoms with Gasteiger partial charge in [-0.05, 0) is 97.5 Å². The average Bonchev–Trinajstić information content (AvgIpc) is 2.95. The maximum atomic E-state index is 12.0. The van der Waals surface area contributed by atoms with Crippen LogP contribution < -0.4 is 24.3 Å². The van der Waals surface area contributed by atoms with Crippen molar-refractivity contribution in [2.75, 3.05) is 47.6 Å². The molecule has 4 atom stereocenters. The van der Waals surface area contributed by atoms with E-state index in [9.17, 15) is 4.79 Å². The summed E-state index contributed by atoms with van der Waals surface area (Å²) in [5, 5.41) is 3.79. The van der Waals surface area contributed by atoms with Gasteiger partial charge in [-0.25, -0.2) is 4.79 Å².